The van der Waals surface area contributed by atoms with E-state index in [1.165, 1.54) is 5.69 Å². The number of benzene rings is 1. The molecule has 0 spiro atoms. The molecule has 1 unspecified atom stereocenters. The molecule has 0 saturated heterocycles. The van der Waals surface area contributed by atoms with Gasteiger partial charge in [0.1, 0.15) is 5.69 Å². The SMILES string of the molecule is CCOC(=O)c1ccc(-c2c(-c3cccc(C)n3)nn3c2C(C)C(C)(C)C3)cc1. The Morgan fingerprint density at radius 1 is 1.21 bits per heavy atom. The molecule has 1 atom stereocenters. The van der Waals surface area contributed by atoms with Crippen LogP contribution in [0.5, 0.6) is 0 Å². The summed E-state index contributed by atoms with van der Waals surface area (Å²) in [6, 6.07) is 13.7. The fourth-order valence-electron chi connectivity index (χ4n) is 4.05. The average Bonchev–Trinajstić information content (AvgIpc) is 3.15. The van der Waals surface area contributed by atoms with Crippen molar-refractivity contribution in [2.45, 2.75) is 47.1 Å². The van der Waals surface area contributed by atoms with Crippen molar-refractivity contribution in [1.82, 2.24) is 14.8 Å². The number of aryl methyl sites for hydroxylation is 1. The first-order valence-corrected chi connectivity index (χ1v) is 10.1. The highest BCUT2D eigenvalue weighted by Crippen LogP contribution is 2.49. The van der Waals surface area contributed by atoms with Gasteiger partial charge in [-0.15, -0.1) is 0 Å². The lowest BCUT2D eigenvalue weighted by atomic mass is 9.79. The molecule has 0 bridgehead atoms. The maximum absolute atomic E-state index is 12.0. The van der Waals surface area contributed by atoms with Gasteiger partial charge < -0.3 is 4.74 Å². The van der Waals surface area contributed by atoms with E-state index in [-0.39, 0.29) is 11.4 Å². The van der Waals surface area contributed by atoms with Crippen molar-refractivity contribution in [3.8, 4) is 22.5 Å². The van der Waals surface area contributed by atoms with Crippen molar-refractivity contribution in [2.24, 2.45) is 5.41 Å². The van der Waals surface area contributed by atoms with E-state index in [0.717, 1.165) is 34.8 Å². The second kappa shape index (κ2) is 7.14. The van der Waals surface area contributed by atoms with Crippen LogP contribution >= 0.6 is 0 Å². The van der Waals surface area contributed by atoms with Gasteiger partial charge >= 0.3 is 5.97 Å². The van der Waals surface area contributed by atoms with Gasteiger partial charge in [0.05, 0.1) is 23.6 Å². The number of ether oxygens (including phenoxy) is 1. The number of aromatic nitrogens is 3. The van der Waals surface area contributed by atoms with Crippen LogP contribution in [-0.4, -0.2) is 27.3 Å². The Hall–Kier alpha value is -2.95. The Morgan fingerprint density at radius 2 is 1.93 bits per heavy atom. The van der Waals surface area contributed by atoms with Gasteiger partial charge in [-0.3, -0.25) is 9.67 Å². The minimum Gasteiger partial charge on any atom is -0.462 e. The predicted octanol–water partition coefficient (Wildman–Crippen LogP) is 5.24. The fourth-order valence-corrected chi connectivity index (χ4v) is 4.05. The molecule has 0 saturated carbocycles. The Kier molecular flexibility index (Phi) is 4.77. The predicted molar refractivity (Wildman–Crippen MR) is 114 cm³/mol. The standard InChI is InChI=1S/C24H27N3O2/c1-6-29-23(28)18-12-10-17(11-13-18)20-21(19-9-7-8-15(2)25-19)26-27-14-24(4,5)16(3)22(20)27/h7-13,16H,6,14H2,1-5H3. The first-order chi connectivity index (χ1) is 13.8. The maximum Gasteiger partial charge on any atom is 0.338 e. The summed E-state index contributed by atoms with van der Waals surface area (Å²) in [6.07, 6.45) is 0. The average molecular weight is 389 g/mol. The molecule has 4 rings (SSSR count). The topological polar surface area (TPSA) is 57.0 Å². The monoisotopic (exact) mass is 389 g/mol. The number of rotatable bonds is 4. The molecular formula is C24H27N3O2. The van der Waals surface area contributed by atoms with Gasteiger partial charge in [0.2, 0.25) is 0 Å². The Bertz CT molecular complexity index is 1060. The van der Waals surface area contributed by atoms with E-state index in [9.17, 15) is 4.79 Å². The number of carbonyl (C=O) groups is 1. The van der Waals surface area contributed by atoms with E-state index < -0.39 is 0 Å². The molecule has 1 aliphatic heterocycles. The maximum atomic E-state index is 12.0. The van der Waals surface area contributed by atoms with E-state index in [0.29, 0.717) is 18.1 Å². The minimum atomic E-state index is -0.297. The lowest BCUT2D eigenvalue weighted by molar-refractivity contribution is 0.0526. The zero-order chi connectivity index (χ0) is 20.8. The highest BCUT2D eigenvalue weighted by atomic mass is 16.5. The van der Waals surface area contributed by atoms with Crippen LogP contribution in [0.3, 0.4) is 0 Å². The van der Waals surface area contributed by atoms with Crippen LogP contribution in [-0.2, 0) is 11.3 Å². The van der Waals surface area contributed by atoms with Gasteiger partial charge in [0.25, 0.3) is 0 Å². The van der Waals surface area contributed by atoms with Crippen molar-refractivity contribution >= 4 is 5.97 Å². The summed E-state index contributed by atoms with van der Waals surface area (Å²) in [4.78, 5) is 16.8. The smallest absolute Gasteiger partial charge is 0.338 e. The Labute approximate surface area is 171 Å². The summed E-state index contributed by atoms with van der Waals surface area (Å²) in [5.41, 5.74) is 6.82. The molecular weight excluding hydrogens is 362 g/mol. The van der Waals surface area contributed by atoms with Crippen molar-refractivity contribution in [2.75, 3.05) is 6.61 Å². The molecule has 0 fully saturated rings. The Morgan fingerprint density at radius 3 is 2.59 bits per heavy atom. The fraction of sp³-hybridized carbons (Fsp3) is 0.375. The normalized spacial score (nSPS) is 17.2. The van der Waals surface area contributed by atoms with Gasteiger partial charge in [-0.05, 0) is 49.1 Å². The first-order valence-electron chi connectivity index (χ1n) is 10.1. The molecule has 0 amide bonds. The van der Waals surface area contributed by atoms with E-state index in [1.54, 1.807) is 0 Å². The minimum absolute atomic E-state index is 0.139. The van der Waals surface area contributed by atoms with Crippen molar-refractivity contribution < 1.29 is 9.53 Å². The number of nitrogens with zero attached hydrogens (tertiary/aromatic N) is 3. The van der Waals surface area contributed by atoms with E-state index in [4.69, 9.17) is 14.8 Å². The number of carbonyl (C=O) groups excluding carboxylic acids is 1. The zero-order valence-corrected chi connectivity index (χ0v) is 17.7. The van der Waals surface area contributed by atoms with Crippen molar-refractivity contribution in [3.63, 3.8) is 0 Å². The summed E-state index contributed by atoms with van der Waals surface area (Å²) < 4.78 is 7.26. The molecule has 150 valence electrons. The molecule has 0 aliphatic carbocycles. The highest BCUT2D eigenvalue weighted by Gasteiger charge is 2.40. The molecule has 5 nitrogen and oxygen atoms in total. The lowest BCUT2D eigenvalue weighted by Crippen LogP contribution is -2.17. The van der Waals surface area contributed by atoms with E-state index in [2.05, 4.69) is 25.5 Å². The van der Waals surface area contributed by atoms with Crippen LogP contribution in [0.4, 0.5) is 0 Å². The quantitative estimate of drug-likeness (QED) is 0.573. The molecule has 5 heteroatoms. The van der Waals surface area contributed by atoms with Crippen LogP contribution in [0.15, 0.2) is 42.5 Å². The van der Waals surface area contributed by atoms with Crippen LogP contribution in [0.2, 0.25) is 0 Å². The number of pyridine rings is 1. The van der Waals surface area contributed by atoms with Gasteiger partial charge in [-0.25, -0.2) is 4.79 Å². The van der Waals surface area contributed by atoms with E-state index in [1.807, 2.05) is 56.3 Å². The summed E-state index contributed by atoms with van der Waals surface area (Å²) in [5, 5.41) is 4.97. The van der Waals surface area contributed by atoms with Crippen molar-refractivity contribution in [1.29, 1.82) is 0 Å². The van der Waals surface area contributed by atoms with Gasteiger partial charge in [-0.1, -0.05) is 39.0 Å². The molecule has 1 aromatic carbocycles. The highest BCUT2D eigenvalue weighted by molar-refractivity contribution is 5.91. The van der Waals surface area contributed by atoms with Crippen LogP contribution in [0, 0.1) is 12.3 Å². The van der Waals surface area contributed by atoms with Crippen LogP contribution in [0.25, 0.3) is 22.5 Å². The molecule has 3 heterocycles. The second-order valence-corrected chi connectivity index (χ2v) is 8.44. The van der Waals surface area contributed by atoms with Gasteiger partial charge in [0.15, 0.2) is 0 Å². The van der Waals surface area contributed by atoms with Gasteiger partial charge in [-0.2, -0.15) is 5.10 Å². The Balaban J connectivity index is 1.86. The summed E-state index contributed by atoms with van der Waals surface area (Å²) in [5.74, 6) is 0.0580. The molecule has 3 aromatic rings. The zero-order valence-electron chi connectivity index (χ0n) is 17.7. The molecule has 0 N–H and O–H groups in total. The summed E-state index contributed by atoms with van der Waals surface area (Å²) in [7, 11) is 0. The third kappa shape index (κ3) is 3.35. The molecule has 1 aliphatic rings. The largest absolute Gasteiger partial charge is 0.462 e. The number of esters is 1. The summed E-state index contributed by atoms with van der Waals surface area (Å²) in [6.45, 7) is 11.9. The van der Waals surface area contributed by atoms with Crippen LogP contribution < -0.4 is 0 Å². The molecule has 2 aromatic heterocycles. The number of fused-ring (bicyclic) bond motifs is 1. The third-order valence-corrected chi connectivity index (χ3v) is 5.95. The molecule has 0 radical (unpaired) electrons. The van der Waals surface area contributed by atoms with Crippen molar-refractivity contribution in [3.05, 3.63) is 59.4 Å². The third-order valence-electron chi connectivity index (χ3n) is 5.95. The van der Waals surface area contributed by atoms with E-state index >= 15 is 0 Å². The first kappa shape index (κ1) is 19.4. The lowest BCUT2D eigenvalue weighted by Gasteiger charge is -2.23. The number of hydrogen-bond acceptors (Lipinski definition) is 4. The molecule has 29 heavy (non-hydrogen) atoms. The number of hydrogen-bond donors (Lipinski definition) is 0. The summed E-state index contributed by atoms with van der Waals surface area (Å²) >= 11 is 0. The second-order valence-electron chi connectivity index (χ2n) is 8.44. The van der Waals surface area contributed by atoms with Crippen LogP contribution in [0.1, 0.15) is 55.4 Å². The van der Waals surface area contributed by atoms with Gasteiger partial charge in [0, 0.05) is 23.7 Å².